The van der Waals surface area contributed by atoms with E-state index in [2.05, 4.69) is 45.1 Å². The second-order valence-corrected chi connectivity index (χ2v) is 15.5. The van der Waals surface area contributed by atoms with Crippen LogP contribution in [-0.2, 0) is 9.53 Å². The number of rotatable bonds is 41. The highest BCUT2D eigenvalue weighted by Gasteiger charge is 2.22. The van der Waals surface area contributed by atoms with Crippen molar-refractivity contribution in [2.24, 2.45) is 0 Å². The number of hydrogen-bond acceptors (Lipinski definition) is 3. The molecule has 0 fully saturated rings. The molecular weight excluding hydrogens is 613 g/mol. The Kier molecular flexibility index (Phi) is 41.4. The molecule has 0 aliphatic carbocycles. The Morgan fingerprint density at radius 2 is 0.780 bits per heavy atom. The molecule has 0 aromatic carbocycles. The molecule has 3 nitrogen and oxygen atoms in total. The fourth-order valence-electron chi connectivity index (χ4n) is 7.05. The quantitative estimate of drug-likeness (QED) is 0.0392. The lowest BCUT2D eigenvalue weighted by molar-refractivity contribution is -0.156. The van der Waals surface area contributed by atoms with Crippen LogP contribution in [0.1, 0.15) is 258 Å². The Balaban J connectivity index is 4.01. The number of aliphatic hydroxyl groups is 1. The highest BCUT2D eigenvalue weighted by atomic mass is 16.6. The maximum absolute atomic E-state index is 12.8. The van der Waals surface area contributed by atoms with Gasteiger partial charge in [0.15, 0.2) is 0 Å². The van der Waals surface area contributed by atoms with Crippen LogP contribution in [0, 0.1) is 0 Å². The van der Waals surface area contributed by atoms with E-state index in [0.29, 0.717) is 6.42 Å². The molecule has 0 saturated heterocycles. The summed E-state index contributed by atoms with van der Waals surface area (Å²) in [7, 11) is 0. The molecule has 0 spiro atoms. The Morgan fingerprint density at radius 1 is 0.440 bits per heavy atom. The third-order valence-electron chi connectivity index (χ3n) is 10.5. The van der Waals surface area contributed by atoms with Crippen LogP contribution < -0.4 is 0 Å². The number of hydrogen-bond donors (Lipinski definition) is 1. The first-order chi connectivity index (χ1) is 24.7. The molecule has 1 N–H and O–H groups in total. The molecule has 0 saturated carbocycles. The summed E-state index contributed by atoms with van der Waals surface area (Å²) in [4.78, 5) is 12.8. The topological polar surface area (TPSA) is 46.5 Å². The van der Waals surface area contributed by atoms with Crippen molar-refractivity contribution >= 4 is 5.97 Å². The summed E-state index contributed by atoms with van der Waals surface area (Å²) in [5, 5.41) is 11.0. The van der Waals surface area contributed by atoms with Crippen molar-refractivity contribution in [1.82, 2.24) is 0 Å². The van der Waals surface area contributed by atoms with E-state index in [1.807, 2.05) is 0 Å². The zero-order valence-electron chi connectivity index (χ0n) is 34.4. The van der Waals surface area contributed by atoms with Crippen molar-refractivity contribution in [2.45, 2.75) is 271 Å². The highest BCUT2D eigenvalue weighted by Crippen LogP contribution is 2.20. The molecule has 296 valence electrons. The summed E-state index contributed by atoms with van der Waals surface area (Å²) < 4.78 is 5.94. The zero-order chi connectivity index (χ0) is 36.4. The second kappa shape index (κ2) is 42.3. The lowest BCUT2D eigenvalue weighted by Crippen LogP contribution is -2.31. The lowest BCUT2D eigenvalue weighted by Gasteiger charge is -2.23. The monoisotopic (exact) mass is 703 g/mol. The van der Waals surface area contributed by atoms with E-state index < -0.39 is 6.10 Å². The number of esters is 1. The summed E-state index contributed by atoms with van der Waals surface area (Å²) >= 11 is 0. The van der Waals surface area contributed by atoms with E-state index in [4.69, 9.17) is 4.74 Å². The molecule has 0 bridgehead atoms. The van der Waals surface area contributed by atoms with Crippen molar-refractivity contribution in [3.63, 3.8) is 0 Å². The van der Waals surface area contributed by atoms with Gasteiger partial charge < -0.3 is 9.84 Å². The molecular formula is C47H90O3. The van der Waals surface area contributed by atoms with Gasteiger partial charge in [-0.05, 0) is 70.6 Å². The van der Waals surface area contributed by atoms with Crippen LogP contribution in [0.5, 0.6) is 0 Å². The number of allylic oxidation sites excluding steroid dienone is 4. The van der Waals surface area contributed by atoms with Crippen molar-refractivity contribution < 1.29 is 14.6 Å². The summed E-state index contributed by atoms with van der Waals surface area (Å²) in [6.45, 7) is 6.73. The van der Waals surface area contributed by atoms with Gasteiger partial charge in [-0.1, -0.05) is 206 Å². The van der Waals surface area contributed by atoms with E-state index >= 15 is 0 Å². The van der Waals surface area contributed by atoms with Crippen LogP contribution in [-0.4, -0.2) is 23.3 Å². The Bertz CT molecular complexity index is 713. The van der Waals surface area contributed by atoms with Crippen LogP contribution in [0.3, 0.4) is 0 Å². The molecule has 0 aromatic rings. The summed E-state index contributed by atoms with van der Waals surface area (Å²) in [5.41, 5.74) is 0. The van der Waals surface area contributed by atoms with Crippen LogP contribution in [0.25, 0.3) is 0 Å². The Morgan fingerprint density at radius 3 is 1.20 bits per heavy atom. The average molecular weight is 703 g/mol. The predicted octanol–water partition coefficient (Wildman–Crippen LogP) is 15.9. The summed E-state index contributed by atoms with van der Waals surface area (Å²) in [6, 6.07) is 0. The molecule has 50 heavy (non-hydrogen) atoms. The van der Waals surface area contributed by atoms with E-state index in [0.717, 1.165) is 38.5 Å². The van der Waals surface area contributed by atoms with Crippen molar-refractivity contribution in [2.75, 3.05) is 0 Å². The molecule has 0 heterocycles. The zero-order valence-corrected chi connectivity index (χ0v) is 34.4. The van der Waals surface area contributed by atoms with Gasteiger partial charge in [0.1, 0.15) is 6.10 Å². The first-order valence-corrected chi connectivity index (χ1v) is 22.8. The molecule has 0 aromatic heterocycles. The number of aliphatic hydroxyl groups excluding tert-OH is 1. The maximum Gasteiger partial charge on any atom is 0.306 e. The van der Waals surface area contributed by atoms with Crippen molar-refractivity contribution in [3.05, 3.63) is 24.3 Å². The minimum atomic E-state index is -0.517. The van der Waals surface area contributed by atoms with Gasteiger partial charge in [0.05, 0.1) is 6.10 Å². The van der Waals surface area contributed by atoms with Gasteiger partial charge in [-0.3, -0.25) is 4.79 Å². The number of ether oxygens (including phenoxy) is 1. The molecule has 0 radical (unpaired) electrons. The molecule has 0 aliphatic rings. The minimum absolute atomic E-state index is 0.0995. The van der Waals surface area contributed by atoms with Crippen LogP contribution in [0.2, 0.25) is 0 Å². The highest BCUT2D eigenvalue weighted by molar-refractivity contribution is 5.69. The van der Waals surface area contributed by atoms with Crippen molar-refractivity contribution in [1.29, 1.82) is 0 Å². The van der Waals surface area contributed by atoms with Gasteiger partial charge >= 0.3 is 5.97 Å². The van der Waals surface area contributed by atoms with Gasteiger partial charge in [0.25, 0.3) is 0 Å². The third kappa shape index (κ3) is 38.1. The van der Waals surface area contributed by atoms with Crippen molar-refractivity contribution in [3.8, 4) is 0 Å². The van der Waals surface area contributed by atoms with Gasteiger partial charge in [-0.15, -0.1) is 0 Å². The van der Waals surface area contributed by atoms with Crippen LogP contribution in [0.4, 0.5) is 0 Å². The minimum Gasteiger partial charge on any atom is -0.460 e. The average Bonchev–Trinajstić information content (AvgIpc) is 3.12. The maximum atomic E-state index is 12.8. The molecule has 0 rings (SSSR count). The first-order valence-electron chi connectivity index (χ1n) is 22.8. The second-order valence-electron chi connectivity index (χ2n) is 15.5. The number of carbonyl (C=O) groups excluding carboxylic acids is 1. The normalized spacial score (nSPS) is 13.1. The largest absolute Gasteiger partial charge is 0.460 e. The summed E-state index contributed by atoms with van der Waals surface area (Å²) in [5.74, 6) is -0.0995. The molecule has 0 aliphatic heterocycles. The van der Waals surface area contributed by atoms with Gasteiger partial charge in [0.2, 0.25) is 0 Å². The standard InChI is InChI=1S/C47H90O3/c1-4-7-10-13-16-18-20-22-24-25-27-28-30-32-34-36-39-42-45(48)46(43-40-37-15-12-9-6-3)50-47(49)44-41-38-35-33-31-29-26-23-21-19-17-14-11-8-5-2/h7,10,23,26,45-46,48H,4-6,8-9,11-22,24-25,27-44H2,1-3H3/b10-7+,26-23-. The third-order valence-corrected chi connectivity index (χ3v) is 10.5. The van der Waals surface area contributed by atoms with E-state index in [1.54, 1.807) is 0 Å². The molecule has 3 heteroatoms. The Labute approximate surface area is 314 Å². The van der Waals surface area contributed by atoms with E-state index in [1.165, 1.54) is 193 Å². The fraction of sp³-hybridized carbons (Fsp3) is 0.894. The SMILES string of the molecule is CC/C=C/CCCCCCCCCCCCCCCC(O)C(CCCCCCCC)OC(=O)CCCCCCC/C=C\CCCCCCCC. The number of unbranched alkanes of at least 4 members (excludes halogenated alkanes) is 29. The molecule has 2 atom stereocenters. The van der Waals surface area contributed by atoms with Gasteiger partial charge in [0, 0.05) is 6.42 Å². The first kappa shape index (κ1) is 48.9. The number of carbonyl (C=O) groups is 1. The predicted molar refractivity (Wildman–Crippen MR) is 222 cm³/mol. The molecule has 0 amide bonds. The molecule has 2 unspecified atom stereocenters. The fourth-order valence-corrected chi connectivity index (χ4v) is 7.05. The van der Waals surface area contributed by atoms with Gasteiger partial charge in [-0.2, -0.15) is 0 Å². The van der Waals surface area contributed by atoms with Crippen LogP contribution in [0.15, 0.2) is 24.3 Å². The Hall–Kier alpha value is -1.09. The van der Waals surface area contributed by atoms with E-state index in [-0.39, 0.29) is 12.1 Å². The summed E-state index contributed by atoms with van der Waals surface area (Å²) in [6.07, 6.45) is 54.0. The smallest absolute Gasteiger partial charge is 0.306 e. The van der Waals surface area contributed by atoms with Gasteiger partial charge in [-0.25, -0.2) is 0 Å². The van der Waals surface area contributed by atoms with E-state index in [9.17, 15) is 9.90 Å². The van der Waals surface area contributed by atoms with Crippen LogP contribution >= 0.6 is 0 Å². The lowest BCUT2D eigenvalue weighted by atomic mass is 9.99.